The van der Waals surface area contributed by atoms with Crippen molar-refractivity contribution in [2.45, 2.75) is 26.6 Å². The first-order valence-electron chi connectivity index (χ1n) is 9.66. The Morgan fingerprint density at radius 1 is 0.871 bits per heavy atom. The first-order valence-corrected chi connectivity index (χ1v) is 9.66. The first kappa shape index (κ1) is 20.4. The maximum atomic E-state index is 13.3. The lowest BCUT2D eigenvalue weighted by atomic mass is 10.1. The standard InChI is InChI=1S/C22H21N3O6/c1-12(2)25-21(28)15-9-17(30-3)18(31-4)10-16(15)23(22(25)29)11-24-19(26)13-7-5-6-8-14(13)20(24)27/h5-10,12H,11H2,1-4H3. The Kier molecular flexibility index (Phi) is 4.88. The summed E-state index contributed by atoms with van der Waals surface area (Å²) in [6.45, 7) is 3.08. The highest BCUT2D eigenvalue weighted by Crippen LogP contribution is 2.31. The van der Waals surface area contributed by atoms with Crippen LogP contribution in [0.25, 0.3) is 10.9 Å². The van der Waals surface area contributed by atoms with Gasteiger partial charge < -0.3 is 9.47 Å². The quantitative estimate of drug-likeness (QED) is 0.582. The molecule has 0 saturated heterocycles. The third-order valence-electron chi connectivity index (χ3n) is 5.36. The van der Waals surface area contributed by atoms with E-state index in [1.54, 1.807) is 38.1 Å². The minimum atomic E-state index is -0.628. The number of fused-ring (bicyclic) bond motifs is 2. The van der Waals surface area contributed by atoms with Gasteiger partial charge in [-0.05, 0) is 32.0 Å². The number of carbonyl (C=O) groups is 2. The highest BCUT2D eigenvalue weighted by Gasteiger charge is 2.36. The van der Waals surface area contributed by atoms with Gasteiger partial charge in [0.05, 0.1) is 36.2 Å². The molecule has 0 spiro atoms. The Labute approximate surface area is 177 Å². The van der Waals surface area contributed by atoms with Crippen LogP contribution in [0.2, 0.25) is 0 Å². The van der Waals surface area contributed by atoms with Crippen molar-refractivity contribution >= 4 is 22.7 Å². The van der Waals surface area contributed by atoms with Crippen LogP contribution in [0.1, 0.15) is 40.6 Å². The Bertz CT molecular complexity index is 1320. The summed E-state index contributed by atoms with van der Waals surface area (Å²) in [6, 6.07) is 9.04. The van der Waals surface area contributed by atoms with Crippen LogP contribution in [0.15, 0.2) is 46.0 Å². The second-order valence-corrected chi connectivity index (χ2v) is 7.43. The van der Waals surface area contributed by atoms with Gasteiger partial charge in [-0.1, -0.05) is 12.1 Å². The molecule has 0 radical (unpaired) electrons. The zero-order valence-electron chi connectivity index (χ0n) is 17.5. The van der Waals surface area contributed by atoms with Crippen molar-refractivity contribution in [2.24, 2.45) is 0 Å². The van der Waals surface area contributed by atoms with E-state index in [-0.39, 0.29) is 28.7 Å². The molecule has 1 aliphatic heterocycles. The molecule has 2 aromatic carbocycles. The zero-order valence-corrected chi connectivity index (χ0v) is 17.5. The van der Waals surface area contributed by atoms with Crippen molar-refractivity contribution in [1.29, 1.82) is 0 Å². The molecule has 0 bridgehead atoms. The van der Waals surface area contributed by atoms with Crippen LogP contribution in [0.4, 0.5) is 0 Å². The fourth-order valence-corrected chi connectivity index (χ4v) is 3.81. The fraction of sp³-hybridized carbons (Fsp3) is 0.273. The van der Waals surface area contributed by atoms with E-state index in [0.717, 1.165) is 9.47 Å². The van der Waals surface area contributed by atoms with Crippen LogP contribution in [-0.4, -0.2) is 40.1 Å². The highest BCUT2D eigenvalue weighted by molar-refractivity contribution is 6.21. The Morgan fingerprint density at radius 3 is 1.94 bits per heavy atom. The van der Waals surface area contributed by atoms with Crippen molar-refractivity contribution in [3.63, 3.8) is 0 Å². The third-order valence-corrected chi connectivity index (χ3v) is 5.36. The van der Waals surface area contributed by atoms with Crippen LogP contribution in [0, 0.1) is 0 Å². The molecule has 9 heteroatoms. The van der Waals surface area contributed by atoms with E-state index < -0.39 is 29.1 Å². The molecule has 160 valence electrons. The second kappa shape index (κ2) is 7.42. The lowest BCUT2D eigenvalue weighted by Crippen LogP contribution is -2.44. The smallest absolute Gasteiger partial charge is 0.333 e. The molecular weight excluding hydrogens is 402 g/mol. The maximum Gasteiger partial charge on any atom is 0.333 e. The number of methoxy groups -OCH3 is 2. The molecule has 1 aromatic heterocycles. The van der Waals surface area contributed by atoms with Crippen LogP contribution in [0.3, 0.4) is 0 Å². The Balaban J connectivity index is 1.97. The molecule has 31 heavy (non-hydrogen) atoms. The summed E-state index contributed by atoms with van der Waals surface area (Å²) in [5.41, 5.74) is -0.325. The molecule has 0 unspecified atom stereocenters. The van der Waals surface area contributed by atoms with Gasteiger partial charge >= 0.3 is 5.69 Å². The number of amides is 2. The molecule has 0 atom stereocenters. The summed E-state index contributed by atoms with van der Waals surface area (Å²) < 4.78 is 12.9. The lowest BCUT2D eigenvalue weighted by Gasteiger charge is -2.21. The molecule has 0 fully saturated rings. The maximum absolute atomic E-state index is 13.3. The molecule has 9 nitrogen and oxygen atoms in total. The molecule has 3 aromatic rings. The lowest BCUT2D eigenvalue weighted by molar-refractivity contribution is 0.0605. The highest BCUT2D eigenvalue weighted by atomic mass is 16.5. The predicted molar refractivity (Wildman–Crippen MR) is 113 cm³/mol. The van der Waals surface area contributed by atoms with E-state index in [0.29, 0.717) is 11.5 Å². The fourth-order valence-electron chi connectivity index (χ4n) is 3.81. The van der Waals surface area contributed by atoms with Crippen molar-refractivity contribution in [1.82, 2.24) is 14.0 Å². The van der Waals surface area contributed by atoms with Crippen LogP contribution < -0.4 is 20.7 Å². The summed E-state index contributed by atoms with van der Waals surface area (Å²) in [5.74, 6) is -0.354. The van der Waals surface area contributed by atoms with E-state index in [1.165, 1.54) is 30.9 Å². The summed E-state index contributed by atoms with van der Waals surface area (Å²) in [6.07, 6.45) is 0. The van der Waals surface area contributed by atoms with Crippen molar-refractivity contribution < 1.29 is 19.1 Å². The van der Waals surface area contributed by atoms with Gasteiger partial charge in [-0.3, -0.25) is 28.4 Å². The van der Waals surface area contributed by atoms with E-state index in [1.807, 2.05) is 0 Å². The van der Waals surface area contributed by atoms with E-state index in [2.05, 4.69) is 0 Å². The van der Waals surface area contributed by atoms with Crippen molar-refractivity contribution in [3.8, 4) is 11.5 Å². The molecule has 4 rings (SSSR count). The van der Waals surface area contributed by atoms with E-state index in [9.17, 15) is 19.2 Å². The topological polar surface area (TPSA) is 99.8 Å². The average molecular weight is 423 g/mol. The summed E-state index contributed by atoms with van der Waals surface area (Å²) >= 11 is 0. The summed E-state index contributed by atoms with van der Waals surface area (Å²) in [7, 11) is 2.88. The molecule has 0 saturated carbocycles. The van der Waals surface area contributed by atoms with Gasteiger partial charge in [0.15, 0.2) is 11.5 Å². The molecule has 0 aliphatic carbocycles. The van der Waals surface area contributed by atoms with Crippen LogP contribution in [-0.2, 0) is 6.67 Å². The average Bonchev–Trinajstić information content (AvgIpc) is 3.00. The van der Waals surface area contributed by atoms with Gasteiger partial charge in [0.2, 0.25) is 0 Å². The third kappa shape index (κ3) is 3.00. The minimum Gasteiger partial charge on any atom is -0.493 e. The summed E-state index contributed by atoms with van der Waals surface area (Å²) in [5, 5.41) is 0.211. The van der Waals surface area contributed by atoms with Gasteiger partial charge in [0.25, 0.3) is 17.4 Å². The summed E-state index contributed by atoms with van der Waals surface area (Å²) in [4.78, 5) is 53.0. The number of carbonyl (C=O) groups excluding carboxylic acids is 2. The Morgan fingerprint density at radius 2 is 1.42 bits per heavy atom. The first-order chi connectivity index (χ1) is 14.8. The molecule has 0 N–H and O–H groups in total. The van der Waals surface area contributed by atoms with Gasteiger partial charge in [-0.2, -0.15) is 0 Å². The van der Waals surface area contributed by atoms with E-state index in [4.69, 9.17) is 9.47 Å². The monoisotopic (exact) mass is 423 g/mol. The van der Waals surface area contributed by atoms with Crippen molar-refractivity contribution in [3.05, 3.63) is 68.4 Å². The van der Waals surface area contributed by atoms with Gasteiger partial charge in [0, 0.05) is 12.1 Å². The SMILES string of the molecule is COc1cc2c(=O)n(C(C)C)c(=O)n(CN3C(=O)c4ccccc4C3=O)c2cc1OC. The van der Waals surface area contributed by atoms with Crippen molar-refractivity contribution in [2.75, 3.05) is 14.2 Å². The number of imide groups is 1. The number of rotatable bonds is 5. The number of benzene rings is 2. The molecular formula is C22H21N3O6. The van der Waals surface area contributed by atoms with E-state index >= 15 is 0 Å². The number of hydrogen-bond donors (Lipinski definition) is 0. The molecule has 2 heterocycles. The zero-order chi connectivity index (χ0) is 22.4. The normalized spacial score (nSPS) is 13.3. The number of nitrogens with zero attached hydrogens (tertiary/aromatic N) is 3. The van der Waals surface area contributed by atoms with Crippen LogP contribution >= 0.6 is 0 Å². The number of hydrogen-bond acceptors (Lipinski definition) is 6. The largest absolute Gasteiger partial charge is 0.493 e. The van der Waals surface area contributed by atoms with Gasteiger partial charge in [-0.15, -0.1) is 0 Å². The molecule has 2 amide bonds. The molecule has 1 aliphatic rings. The second-order valence-electron chi connectivity index (χ2n) is 7.43. The van der Waals surface area contributed by atoms with Gasteiger partial charge in [0.1, 0.15) is 6.67 Å². The predicted octanol–water partition coefficient (Wildman–Crippen LogP) is 2.01. The number of ether oxygens (including phenoxy) is 2. The van der Waals surface area contributed by atoms with Gasteiger partial charge in [-0.25, -0.2) is 4.79 Å². The minimum absolute atomic E-state index is 0.211. The van der Waals surface area contributed by atoms with Crippen LogP contribution in [0.5, 0.6) is 11.5 Å². The Hall–Kier alpha value is -3.88. The number of aromatic nitrogens is 2.